The first kappa shape index (κ1) is 15.9. The van der Waals surface area contributed by atoms with E-state index in [9.17, 15) is 9.18 Å². The molecule has 0 aliphatic carbocycles. The van der Waals surface area contributed by atoms with Crippen molar-refractivity contribution < 1.29 is 9.18 Å². The number of carbonyl (C=O) groups is 1. The van der Waals surface area contributed by atoms with Crippen molar-refractivity contribution in [2.45, 2.75) is 25.8 Å². The lowest BCUT2D eigenvalue weighted by Gasteiger charge is -2.28. The predicted molar refractivity (Wildman–Crippen MR) is 76.3 cm³/mol. The number of benzene rings is 1. The van der Waals surface area contributed by atoms with Crippen molar-refractivity contribution >= 4 is 18.3 Å². The average molecular weight is 287 g/mol. The Morgan fingerprint density at radius 3 is 2.79 bits per heavy atom. The largest absolute Gasteiger partial charge is 0.334 e. The van der Waals surface area contributed by atoms with Crippen molar-refractivity contribution in [1.29, 1.82) is 0 Å². The van der Waals surface area contributed by atoms with Crippen LogP contribution in [0.25, 0.3) is 0 Å². The lowest BCUT2D eigenvalue weighted by atomic mass is 10.1. The van der Waals surface area contributed by atoms with Crippen LogP contribution >= 0.6 is 12.4 Å². The third-order valence-corrected chi connectivity index (χ3v) is 3.30. The van der Waals surface area contributed by atoms with Gasteiger partial charge in [0.05, 0.1) is 5.56 Å². The third-order valence-electron chi connectivity index (χ3n) is 3.30. The number of nitrogens with one attached hydrogen (secondary N) is 1. The molecule has 1 unspecified atom stereocenters. The van der Waals surface area contributed by atoms with Gasteiger partial charge in [0.2, 0.25) is 0 Å². The number of amides is 1. The molecule has 1 aromatic rings. The molecule has 0 aromatic heterocycles. The van der Waals surface area contributed by atoms with Gasteiger partial charge < -0.3 is 10.2 Å². The van der Waals surface area contributed by atoms with Crippen LogP contribution in [0.5, 0.6) is 0 Å². The Morgan fingerprint density at radius 2 is 2.21 bits per heavy atom. The summed E-state index contributed by atoms with van der Waals surface area (Å²) in [7, 11) is 0. The van der Waals surface area contributed by atoms with E-state index < -0.39 is 5.82 Å². The Balaban J connectivity index is 0.00000180. The van der Waals surface area contributed by atoms with E-state index in [0.717, 1.165) is 25.9 Å². The van der Waals surface area contributed by atoms with Crippen LogP contribution in [0.3, 0.4) is 0 Å². The maximum absolute atomic E-state index is 13.7. The first-order valence-corrected chi connectivity index (χ1v) is 6.50. The highest BCUT2D eigenvalue weighted by Crippen LogP contribution is 2.16. The van der Waals surface area contributed by atoms with E-state index in [1.165, 1.54) is 6.07 Å². The van der Waals surface area contributed by atoms with E-state index in [-0.39, 0.29) is 29.9 Å². The molecule has 1 fully saturated rings. The van der Waals surface area contributed by atoms with Crippen LogP contribution < -0.4 is 5.32 Å². The van der Waals surface area contributed by atoms with Crippen LogP contribution in [-0.2, 0) is 0 Å². The molecule has 1 atom stereocenters. The molecule has 0 bridgehead atoms. The Labute approximate surface area is 119 Å². The highest BCUT2D eigenvalue weighted by atomic mass is 35.5. The van der Waals surface area contributed by atoms with E-state index in [1.807, 2.05) is 6.92 Å². The molecule has 1 amide bonds. The maximum Gasteiger partial charge on any atom is 0.257 e. The molecule has 1 aromatic carbocycles. The second kappa shape index (κ2) is 7.46. The van der Waals surface area contributed by atoms with Crippen LogP contribution in [0.15, 0.2) is 24.3 Å². The van der Waals surface area contributed by atoms with Gasteiger partial charge in [-0.1, -0.05) is 19.1 Å². The quantitative estimate of drug-likeness (QED) is 0.922. The topological polar surface area (TPSA) is 32.3 Å². The van der Waals surface area contributed by atoms with E-state index in [2.05, 4.69) is 5.32 Å². The molecule has 19 heavy (non-hydrogen) atoms. The summed E-state index contributed by atoms with van der Waals surface area (Å²) in [4.78, 5) is 14.2. The molecule has 106 valence electrons. The van der Waals surface area contributed by atoms with Crippen LogP contribution in [0.2, 0.25) is 0 Å². The van der Waals surface area contributed by atoms with Gasteiger partial charge in [-0.15, -0.1) is 12.4 Å². The first-order valence-electron chi connectivity index (χ1n) is 6.50. The van der Waals surface area contributed by atoms with Gasteiger partial charge in [0.25, 0.3) is 5.91 Å². The fourth-order valence-electron chi connectivity index (χ4n) is 2.39. The van der Waals surface area contributed by atoms with E-state index in [0.29, 0.717) is 6.54 Å². The van der Waals surface area contributed by atoms with Gasteiger partial charge in [-0.3, -0.25) is 4.79 Å². The molecule has 1 heterocycles. The summed E-state index contributed by atoms with van der Waals surface area (Å²) in [5.74, 6) is -0.627. The molecule has 1 N–H and O–H groups in total. The lowest BCUT2D eigenvalue weighted by molar-refractivity contribution is 0.0687. The molecule has 3 nitrogen and oxygen atoms in total. The summed E-state index contributed by atoms with van der Waals surface area (Å²) in [6, 6.07) is 6.39. The van der Waals surface area contributed by atoms with Crippen molar-refractivity contribution in [2.75, 3.05) is 19.6 Å². The summed E-state index contributed by atoms with van der Waals surface area (Å²) >= 11 is 0. The fraction of sp³-hybridized carbons (Fsp3) is 0.500. The number of hydrogen-bond acceptors (Lipinski definition) is 2. The number of carbonyl (C=O) groups excluding carboxylic acids is 1. The molecule has 0 radical (unpaired) electrons. The standard InChI is InChI=1S/C14H19FN2O.ClH/c1-2-9-17(11-7-8-16-10-11)14(18)12-5-3-4-6-13(12)15;/h3-6,11,16H,2,7-10H2,1H3;1H. The molecule has 0 spiro atoms. The first-order chi connectivity index (χ1) is 8.74. The number of hydrogen-bond donors (Lipinski definition) is 1. The zero-order valence-electron chi connectivity index (χ0n) is 11.1. The van der Waals surface area contributed by atoms with Gasteiger partial charge >= 0.3 is 0 Å². The zero-order chi connectivity index (χ0) is 13.0. The van der Waals surface area contributed by atoms with Crippen molar-refractivity contribution in [3.05, 3.63) is 35.6 Å². The molecule has 1 aliphatic rings. The number of halogens is 2. The van der Waals surface area contributed by atoms with E-state index in [1.54, 1.807) is 23.1 Å². The molecular weight excluding hydrogens is 267 g/mol. The monoisotopic (exact) mass is 286 g/mol. The van der Waals surface area contributed by atoms with Gasteiger partial charge in [0.1, 0.15) is 5.82 Å². The number of rotatable bonds is 4. The summed E-state index contributed by atoms with van der Waals surface area (Å²) in [6.45, 7) is 4.44. The van der Waals surface area contributed by atoms with Crippen molar-refractivity contribution in [3.63, 3.8) is 0 Å². The summed E-state index contributed by atoms with van der Waals surface area (Å²) in [6.07, 6.45) is 1.83. The van der Waals surface area contributed by atoms with E-state index in [4.69, 9.17) is 0 Å². The van der Waals surface area contributed by atoms with Crippen molar-refractivity contribution in [1.82, 2.24) is 10.2 Å². The van der Waals surface area contributed by atoms with E-state index >= 15 is 0 Å². The van der Waals surface area contributed by atoms with Crippen molar-refractivity contribution in [2.24, 2.45) is 0 Å². The minimum Gasteiger partial charge on any atom is -0.334 e. The SMILES string of the molecule is CCCN(C(=O)c1ccccc1F)C1CCNC1.Cl. The number of nitrogens with zero attached hydrogens (tertiary/aromatic N) is 1. The lowest BCUT2D eigenvalue weighted by Crippen LogP contribution is -2.42. The maximum atomic E-state index is 13.7. The zero-order valence-corrected chi connectivity index (χ0v) is 11.9. The van der Waals surface area contributed by atoms with Gasteiger partial charge in [-0.2, -0.15) is 0 Å². The summed E-state index contributed by atoms with van der Waals surface area (Å²) in [5.41, 5.74) is 0.179. The van der Waals surface area contributed by atoms with Crippen molar-refractivity contribution in [3.8, 4) is 0 Å². The predicted octanol–water partition coefficient (Wildman–Crippen LogP) is 2.46. The second-order valence-electron chi connectivity index (χ2n) is 4.63. The normalized spacial score (nSPS) is 17.9. The Bertz CT molecular complexity index is 422. The average Bonchev–Trinajstić information content (AvgIpc) is 2.89. The van der Waals surface area contributed by atoms with Crippen LogP contribution in [0.4, 0.5) is 4.39 Å². The van der Waals surface area contributed by atoms with Gasteiger partial charge in [-0.05, 0) is 31.5 Å². The molecular formula is C14H20ClFN2O. The molecule has 1 saturated heterocycles. The van der Waals surface area contributed by atoms with Gasteiger partial charge in [0.15, 0.2) is 0 Å². The highest BCUT2D eigenvalue weighted by molar-refractivity contribution is 5.94. The van der Waals surface area contributed by atoms with Gasteiger partial charge in [-0.25, -0.2) is 4.39 Å². The summed E-state index contributed by atoms with van der Waals surface area (Å²) in [5, 5.41) is 3.24. The Morgan fingerprint density at radius 1 is 1.47 bits per heavy atom. The molecule has 1 aliphatic heterocycles. The highest BCUT2D eigenvalue weighted by Gasteiger charge is 2.27. The second-order valence-corrected chi connectivity index (χ2v) is 4.63. The minimum absolute atomic E-state index is 0. The summed E-state index contributed by atoms with van der Waals surface area (Å²) < 4.78 is 13.7. The molecule has 5 heteroatoms. The Hall–Kier alpha value is -1.13. The van der Waals surface area contributed by atoms with Gasteiger partial charge in [0, 0.05) is 19.1 Å². The Kier molecular flexibility index (Phi) is 6.25. The molecule has 2 rings (SSSR count). The van der Waals surface area contributed by atoms with Crippen LogP contribution in [-0.4, -0.2) is 36.5 Å². The fourth-order valence-corrected chi connectivity index (χ4v) is 2.39. The van der Waals surface area contributed by atoms with Crippen LogP contribution in [0.1, 0.15) is 30.1 Å². The minimum atomic E-state index is -0.436. The third kappa shape index (κ3) is 3.67. The van der Waals surface area contributed by atoms with Crippen LogP contribution in [0, 0.1) is 5.82 Å². The molecule has 0 saturated carbocycles. The smallest absolute Gasteiger partial charge is 0.257 e.